The third-order valence-corrected chi connectivity index (χ3v) is 7.43. The second-order valence-corrected chi connectivity index (χ2v) is 10.2. The van der Waals surface area contributed by atoms with E-state index in [4.69, 9.17) is 4.74 Å². The van der Waals surface area contributed by atoms with E-state index in [1.165, 1.54) is 7.11 Å². The monoisotopic (exact) mass is 514 g/mol. The Morgan fingerprint density at radius 3 is 2.22 bits per heavy atom. The maximum absolute atomic E-state index is 13.6. The van der Waals surface area contributed by atoms with Crippen molar-refractivity contribution >= 4 is 16.0 Å². The zero-order valence-electron chi connectivity index (χ0n) is 20.5. The highest BCUT2D eigenvalue weighted by Gasteiger charge is 2.23. The third kappa shape index (κ3) is 5.75. The van der Waals surface area contributed by atoms with Crippen molar-refractivity contribution < 1.29 is 23.1 Å². The van der Waals surface area contributed by atoms with E-state index in [9.17, 15) is 18.3 Å². The van der Waals surface area contributed by atoms with Crippen LogP contribution in [0, 0.1) is 18.9 Å². The van der Waals surface area contributed by atoms with Crippen LogP contribution in [0.25, 0.3) is 5.69 Å². The highest BCUT2D eigenvalue weighted by atomic mass is 32.2. The van der Waals surface area contributed by atoms with Crippen LogP contribution in [0.5, 0.6) is 0 Å². The topological polar surface area (TPSA) is 88.8 Å². The van der Waals surface area contributed by atoms with E-state index in [0.717, 1.165) is 15.4 Å². The number of esters is 1. The van der Waals surface area contributed by atoms with Crippen molar-refractivity contribution in [1.82, 2.24) is 8.87 Å². The first-order valence-corrected chi connectivity index (χ1v) is 12.9. The molecule has 37 heavy (non-hydrogen) atoms. The maximum Gasteiger partial charge on any atom is 0.340 e. The van der Waals surface area contributed by atoms with Crippen LogP contribution >= 0.6 is 0 Å². The summed E-state index contributed by atoms with van der Waals surface area (Å²) >= 11 is 0. The Morgan fingerprint density at radius 2 is 1.59 bits per heavy atom. The molecule has 0 aliphatic heterocycles. The second-order valence-electron chi connectivity index (χ2n) is 8.32. The number of aliphatic hydroxyl groups excluding tert-OH is 1. The summed E-state index contributed by atoms with van der Waals surface area (Å²) < 4.78 is 35.0. The number of nitrogens with zero attached hydrogens (tertiary/aromatic N) is 2. The molecule has 4 rings (SSSR count). The molecule has 1 heterocycles. The fourth-order valence-corrected chi connectivity index (χ4v) is 4.96. The number of carbonyl (C=O) groups excluding carboxylic acids is 1. The van der Waals surface area contributed by atoms with E-state index in [2.05, 4.69) is 12.0 Å². The van der Waals surface area contributed by atoms with Crippen molar-refractivity contribution in [3.63, 3.8) is 0 Å². The van der Waals surface area contributed by atoms with Crippen LogP contribution in [0.4, 0.5) is 0 Å². The number of hydrogen-bond acceptors (Lipinski definition) is 5. The smallest absolute Gasteiger partial charge is 0.340 e. The van der Waals surface area contributed by atoms with Gasteiger partial charge in [-0.2, -0.15) is 0 Å². The van der Waals surface area contributed by atoms with E-state index in [1.54, 1.807) is 83.7 Å². The molecule has 0 atom stereocenters. The lowest BCUT2D eigenvalue weighted by atomic mass is 10.1. The average Bonchev–Trinajstić information content (AvgIpc) is 3.45. The minimum absolute atomic E-state index is 0.00946. The van der Waals surface area contributed by atoms with Crippen LogP contribution in [0.15, 0.2) is 96.2 Å². The number of rotatable bonds is 7. The van der Waals surface area contributed by atoms with Gasteiger partial charge in [-0.3, -0.25) is 0 Å². The number of aliphatic hydroxyl groups is 1. The molecule has 1 N–H and O–H groups in total. The number of benzene rings is 3. The predicted octanol–water partition coefficient (Wildman–Crippen LogP) is 4.26. The molecule has 8 heteroatoms. The highest BCUT2D eigenvalue weighted by Crippen LogP contribution is 2.22. The molecule has 0 fully saturated rings. The largest absolute Gasteiger partial charge is 0.465 e. The molecule has 0 saturated carbocycles. The normalized spacial score (nSPS) is 10.9. The second kappa shape index (κ2) is 11.2. The Hall–Kier alpha value is -4.32. The SMILES string of the molecule is COC(=O)c1cccc(C#CN(Cc2ccc(CO)cc2)S(=O)(=O)c2ccc(C)cc2)c1-n1cccc1. The van der Waals surface area contributed by atoms with Gasteiger partial charge in [0, 0.05) is 18.4 Å². The Morgan fingerprint density at radius 1 is 0.946 bits per heavy atom. The number of ether oxygens (including phenoxy) is 1. The van der Waals surface area contributed by atoms with Crippen LogP contribution in [-0.4, -0.2) is 35.5 Å². The van der Waals surface area contributed by atoms with Gasteiger partial charge in [-0.1, -0.05) is 48.0 Å². The van der Waals surface area contributed by atoms with Crippen molar-refractivity contribution in [3.05, 3.63) is 119 Å². The number of aromatic nitrogens is 1. The molecule has 0 amide bonds. The van der Waals surface area contributed by atoms with Crippen LogP contribution in [0.1, 0.15) is 32.6 Å². The third-order valence-electron chi connectivity index (χ3n) is 5.76. The zero-order chi connectivity index (χ0) is 26.4. The van der Waals surface area contributed by atoms with Gasteiger partial charge in [0.1, 0.15) is 0 Å². The molecule has 0 aliphatic carbocycles. The molecule has 0 aliphatic rings. The Labute approximate surface area is 216 Å². The Kier molecular flexibility index (Phi) is 7.77. The number of methoxy groups -OCH3 is 1. The van der Waals surface area contributed by atoms with E-state index in [0.29, 0.717) is 22.4 Å². The van der Waals surface area contributed by atoms with Gasteiger partial charge in [-0.25, -0.2) is 17.5 Å². The summed E-state index contributed by atoms with van der Waals surface area (Å²) in [5.41, 5.74) is 3.62. The number of sulfonamides is 1. The number of para-hydroxylation sites is 1. The summed E-state index contributed by atoms with van der Waals surface area (Å²) in [6.45, 7) is 1.77. The molecule has 0 bridgehead atoms. The van der Waals surface area contributed by atoms with Gasteiger partial charge < -0.3 is 14.4 Å². The van der Waals surface area contributed by atoms with E-state index < -0.39 is 16.0 Å². The molecule has 188 valence electrons. The lowest BCUT2D eigenvalue weighted by Gasteiger charge is -2.19. The molecular weight excluding hydrogens is 488 g/mol. The van der Waals surface area contributed by atoms with Crippen LogP contribution < -0.4 is 0 Å². The average molecular weight is 515 g/mol. The fourth-order valence-electron chi connectivity index (χ4n) is 3.74. The maximum atomic E-state index is 13.6. The molecule has 0 spiro atoms. The van der Waals surface area contributed by atoms with Crippen LogP contribution in [0.2, 0.25) is 0 Å². The van der Waals surface area contributed by atoms with Crippen molar-refractivity contribution in [2.24, 2.45) is 0 Å². The molecule has 7 nitrogen and oxygen atoms in total. The Balaban J connectivity index is 1.83. The minimum Gasteiger partial charge on any atom is -0.465 e. The summed E-state index contributed by atoms with van der Waals surface area (Å²) in [4.78, 5) is 12.6. The van der Waals surface area contributed by atoms with Crippen LogP contribution in [-0.2, 0) is 27.9 Å². The van der Waals surface area contributed by atoms with Gasteiger partial charge in [0.25, 0.3) is 10.0 Å². The summed E-state index contributed by atoms with van der Waals surface area (Å²) in [5, 5.41) is 9.34. The summed E-state index contributed by atoms with van der Waals surface area (Å²) in [6, 6.07) is 25.1. The van der Waals surface area contributed by atoms with Gasteiger partial charge in [0.2, 0.25) is 0 Å². The van der Waals surface area contributed by atoms with E-state index >= 15 is 0 Å². The Bertz CT molecular complexity index is 1550. The van der Waals surface area contributed by atoms with Crippen molar-refractivity contribution in [2.45, 2.75) is 25.0 Å². The highest BCUT2D eigenvalue weighted by molar-refractivity contribution is 7.89. The van der Waals surface area contributed by atoms with Gasteiger partial charge in [-0.05, 0) is 60.4 Å². The van der Waals surface area contributed by atoms with Gasteiger partial charge in [0.05, 0.1) is 42.0 Å². The number of carbonyl (C=O) groups is 1. The predicted molar refractivity (Wildman–Crippen MR) is 140 cm³/mol. The molecule has 4 aromatic rings. The standard InChI is InChI=1S/C29H26N2O5S/c1-22-8-14-26(15-9-22)37(34,35)31(20-23-10-12-24(21-32)13-11-23)19-16-25-6-5-7-27(29(33)36-2)28(25)30-17-3-4-18-30/h3-15,17-18,32H,20-21H2,1-2H3. The van der Waals surface area contributed by atoms with Gasteiger partial charge in [-0.15, -0.1) is 0 Å². The zero-order valence-corrected chi connectivity index (χ0v) is 21.3. The summed E-state index contributed by atoms with van der Waals surface area (Å²) in [5.74, 6) is 2.45. The molecule has 0 radical (unpaired) electrons. The quantitative estimate of drug-likeness (QED) is 0.226. The summed E-state index contributed by atoms with van der Waals surface area (Å²) in [6.07, 6.45) is 3.55. The molecule has 0 unspecified atom stereocenters. The molecule has 1 aromatic heterocycles. The van der Waals surface area contributed by atoms with E-state index in [1.807, 2.05) is 19.1 Å². The van der Waals surface area contributed by atoms with Crippen molar-refractivity contribution in [2.75, 3.05) is 7.11 Å². The first-order valence-electron chi connectivity index (χ1n) is 11.5. The van der Waals surface area contributed by atoms with Gasteiger partial charge >= 0.3 is 5.97 Å². The van der Waals surface area contributed by atoms with Crippen LogP contribution in [0.3, 0.4) is 0 Å². The van der Waals surface area contributed by atoms with Crippen molar-refractivity contribution in [3.8, 4) is 17.7 Å². The lowest BCUT2D eigenvalue weighted by Crippen LogP contribution is -2.26. The van der Waals surface area contributed by atoms with E-state index in [-0.39, 0.29) is 18.0 Å². The van der Waals surface area contributed by atoms with Gasteiger partial charge in [0.15, 0.2) is 0 Å². The number of hydrogen-bond donors (Lipinski definition) is 1. The number of aryl methyl sites for hydroxylation is 1. The first-order chi connectivity index (χ1) is 17.8. The molecular formula is C29H26N2O5S. The minimum atomic E-state index is -3.99. The summed E-state index contributed by atoms with van der Waals surface area (Å²) in [7, 11) is -2.68. The molecule has 3 aromatic carbocycles. The lowest BCUT2D eigenvalue weighted by molar-refractivity contribution is 0.0600. The first kappa shape index (κ1) is 25.8. The molecule has 0 saturated heterocycles. The fraction of sp³-hybridized carbons (Fsp3) is 0.138. The van der Waals surface area contributed by atoms with Crippen molar-refractivity contribution in [1.29, 1.82) is 0 Å².